The first-order chi connectivity index (χ1) is 12.0. The van der Waals surface area contributed by atoms with E-state index in [1.165, 1.54) is 22.8 Å². The number of non-ortho nitro benzene ring substituents is 1. The highest BCUT2D eigenvalue weighted by atomic mass is 16.6. The molecule has 0 aliphatic heterocycles. The highest BCUT2D eigenvalue weighted by Crippen LogP contribution is 2.36. The number of nitrogens with zero attached hydrogens (tertiary/aromatic N) is 2. The Morgan fingerprint density at radius 3 is 2.56 bits per heavy atom. The van der Waals surface area contributed by atoms with Gasteiger partial charge in [0.15, 0.2) is 5.75 Å². The predicted octanol–water partition coefficient (Wildman–Crippen LogP) is 3.16. The lowest BCUT2D eigenvalue weighted by Gasteiger charge is -2.16. The normalized spacial score (nSPS) is 11.4. The third-order valence-electron chi connectivity index (χ3n) is 3.76. The fourth-order valence-electron chi connectivity index (χ4n) is 2.53. The van der Waals surface area contributed by atoms with Crippen LogP contribution in [0.25, 0.3) is 10.9 Å². The van der Waals surface area contributed by atoms with Crippen molar-refractivity contribution >= 4 is 23.1 Å². The van der Waals surface area contributed by atoms with Crippen molar-refractivity contribution in [1.82, 2.24) is 4.57 Å². The van der Waals surface area contributed by atoms with Crippen LogP contribution in [0.5, 0.6) is 11.5 Å². The zero-order valence-electron chi connectivity index (χ0n) is 14.1. The summed E-state index contributed by atoms with van der Waals surface area (Å²) >= 11 is 0. The lowest BCUT2D eigenvalue weighted by molar-refractivity contribution is -0.384. The van der Waals surface area contributed by atoms with E-state index in [1.54, 1.807) is 19.9 Å². The minimum Gasteiger partial charge on any atom is -0.457 e. The van der Waals surface area contributed by atoms with E-state index in [0.29, 0.717) is 23.1 Å². The van der Waals surface area contributed by atoms with Crippen LogP contribution in [0.3, 0.4) is 0 Å². The molecule has 0 aliphatic rings. The largest absolute Gasteiger partial charge is 0.457 e. The van der Waals surface area contributed by atoms with E-state index in [4.69, 9.17) is 9.47 Å². The molecule has 25 heavy (non-hydrogen) atoms. The van der Waals surface area contributed by atoms with Crippen LogP contribution in [0.4, 0.5) is 5.69 Å². The molecule has 1 aromatic heterocycles. The summed E-state index contributed by atoms with van der Waals surface area (Å²) in [7, 11) is 0. The summed E-state index contributed by atoms with van der Waals surface area (Å²) in [5.74, 6) is 0.400. The van der Waals surface area contributed by atoms with E-state index >= 15 is 0 Å². The first-order valence-corrected chi connectivity index (χ1v) is 7.76. The second-order valence-electron chi connectivity index (χ2n) is 5.09. The molecule has 0 fully saturated rings. The summed E-state index contributed by atoms with van der Waals surface area (Å²) in [5.41, 5.74) is -0.406. The second-order valence-corrected chi connectivity index (χ2v) is 5.09. The van der Waals surface area contributed by atoms with Gasteiger partial charge in [-0.2, -0.15) is 0 Å². The predicted molar refractivity (Wildman–Crippen MR) is 91.9 cm³/mol. The molecule has 1 heterocycles. The first-order valence-electron chi connectivity index (χ1n) is 7.76. The summed E-state index contributed by atoms with van der Waals surface area (Å²) in [6.07, 6.45) is 2.29. The van der Waals surface area contributed by atoms with Crippen molar-refractivity contribution in [1.29, 1.82) is 0 Å². The fourth-order valence-corrected chi connectivity index (χ4v) is 2.53. The molecule has 8 nitrogen and oxygen atoms in total. The van der Waals surface area contributed by atoms with E-state index in [2.05, 4.69) is 0 Å². The topological polar surface area (TPSA) is 101 Å². The number of nitro benzene ring substituents is 1. The first kappa shape index (κ1) is 18.2. The van der Waals surface area contributed by atoms with Crippen LogP contribution >= 0.6 is 0 Å². The number of hydrogen-bond donors (Lipinski definition) is 0. The third kappa shape index (κ3) is 3.37. The molecule has 0 aliphatic carbocycles. The fraction of sp³-hybridized carbons (Fsp3) is 0.294. The lowest BCUT2D eigenvalue weighted by atomic mass is 10.1. The minimum atomic E-state index is -0.593. The van der Waals surface area contributed by atoms with Gasteiger partial charge in [0.1, 0.15) is 0 Å². The van der Waals surface area contributed by atoms with Crippen molar-refractivity contribution < 1.29 is 19.2 Å². The van der Waals surface area contributed by atoms with Gasteiger partial charge in [0.25, 0.3) is 17.7 Å². The number of aryl methyl sites for hydroxylation is 1. The number of fused-ring (bicyclic) bond motifs is 1. The maximum Gasteiger partial charge on any atom is 0.298 e. The molecular formula is C17H18N2O6. The molecule has 0 saturated heterocycles. The van der Waals surface area contributed by atoms with Gasteiger partial charge >= 0.3 is 0 Å². The zero-order chi connectivity index (χ0) is 18.6. The standard InChI is InChI=1S/C17H18N2O6/c1-4-12(5-2)25-15-13-8-7-11(19(22)23)9-14(13)18(6-3)17(21)16(15)24-10-20/h4,7-10H,5-6H2,1-3H3. The smallest absolute Gasteiger partial charge is 0.298 e. The Labute approximate surface area is 143 Å². The minimum absolute atomic E-state index is 0.0710. The number of pyridine rings is 1. The van der Waals surface area contributed by atoms with Gasteiger partial charge in [0.2, 0.25) is 5.75 Å². The Morgan fingerprint density at radius 2 is 2.04 bits per heavy atom. The van der Waals surface area contributed by atoms with Crippen molar-refractivity contribution in [3.63, 3.8) is 0 Å². The van der Waals surface area contributed by atoms with Crippen molar-refractivity contribution in [3.05, 3.63) is 50.5 Å². The molecule has 0 spiro atoms. The SMILES string of the molecule is CC=C(CC)Oc1c(OC=O)c(=O)n(CC)c2cc([N+](=O)[O-])ccc12. The van der Waals surface area contributed by atoms with Crippen LogP contribution in [-0.4, -0.2) is 16.0 Å². The van der Waals surface area contributed by atoms with E-state index in [-0.39, 0.29) is 30.2 Å². The monoisotopic (exact) mass is 346 g/mol. The number of hydrogen-bond acceptors (Lipinski definition) is 6. The number of carbonyl (C=O) groups excluding carboxylic acids is 1. The Morgan fingerprint density at radius 1 is 1.32 bits per heavy atom. The van der Waals surface area contributed by atoms with Crippen molar-refractivity contribution in [2.75, 3.05) is 0 Å². The maximum atomic E-state index is 12.7. The molecule has 8 heteroatoms. The highest BCUT2D eigenvalue weighted by molar-refractivity contribution is 5.90. The number of benzene rings is 1. The average molecular weight is 346 g/mol. The van der Waals surface area contributed by atoms with Gasteiger partial charge in [0, 0.05) is 30.5 Å². The van der Waals surface area contributed by atoms with Crippen LogP contribution in [-0.2, 0) is 11.3 Å². The third-order valence-corrected chi connectivity index (χ3v) is 3.76. The van der Waals surface area contributed by atoms with Gasteiger partial charge in [-0.3, -0.25) is 19.7 Å². The van der Waals surface area contributed by atoms with Crippen molar-refractivity contribution in [3.8, 4) is 11.5 Å². The van der Waals surface area contributed by atoms with Crippen molar-refractivity contribution in [2.45, 2.75) is 33.7 Å². The molecule has 132 valence electrons. The van der Waals surface area contributed by atoms with Gasteiger partial charge in [-0.1, -0.05) is 6.92 Å². The number of rotatable bonds is 7. The van der Waals surface area contributed by atoms with Gasteiger partial charge < -0.3 is 14.0 Å². The second kappa shape index (κ2) is 7.61. The molecule has 0 bridgehead atoms. The molecule has 0 amide bonds. The average Bonchev–Trinajstić information content (AvgIpc) is 2.61. The van der Waals surface area contributed by atoms with E-state index in [1.807, 2.05) is 6.92 Å². The quantitative estimate of drug-likeness (QED) is 0.330. The number of ether oxygens (including phenoxy) is 2. The summed E-state index contributed by atoms with van der Waals surface area (Å²) in [6, 6.07) is 4.10. The molecule has 0 radical (unpaired) electrons. The molecule has 2 rings (SSSR count). The number of nitro groups is 1. The molecule has 2 aromatic rings. The Balaban J connectivity index is 2.91. The van der Waals surface area contributed by atoms with Crippen LogP contribution in [0, 0.1) is 10.1 Å². The molecule has 1 aromatic carbocycles. The van der Waals surface area contributed by atoms with Crippen LogP contribution in [0.1, 0.15) is 27.2 Å². The summed E-state index contributed by atoms with van der Waals surface area (Å²) in [6.45, 7) is 5.77. The Hall–Kier alpha value is -3.16. The number of aromatic nitrogens is 1. The van der Waals surface area contributed by atoms with Crippen LogP contribution in [0.15, 0.2) is 34.8 Å². The lowest BCUT2D eigenvalue weighted by Crippen LogP contribution is -2.22. The van der Waals surface area contributed by atoms with Gasteiger partial charge in [-0.25, -0.2) is 0 Å². The maximum absolute atomic E-state index is 12.7. The van der Waals surface area contributed by atoms with Gasteiger partial charge in [-0.05, 0) is 26.0 Å². The van der Waals surface area contributed by atoms with E-state index in [0.717, 1.165) is 0 Å². The van der Waals surface area contributed by atoms with E-state index < -0.39 is 10.5 Å². The van der Waals surface area contributed by atoms with Crippen LogP contribution < -0.4 is 15.0 Å². The summed E-state index contributed by atoms with van der Waals surface area (Å²) in [5, 5.41) is 11.5. The molecule has 0 unspecified atom stereocenters. The number of carbonyl (C=O) groups is 1. The highest BCUT2D eigenvalue weighted by Gasteiger charge is 2.22. The molecule has 0 saturated carbocycles. The van der Waals surface area contributed by atoms with E-state index in [9.17, 15) is 19.7 Å². The van der Waals surface area contributed by atoms with Crippen LogP contribution in [0.2, 0.25) is 0 Å². The van der Waals surface area contributed by atoms with Gasteiger partial charge in [0.05, 0.1) is 16.2 Å². The van der Waals surface area contributed by atoms with Crippen molar-refractivity contribution in [2.24, 2.45) is 0 Å². The molecular weight excluding hydrogens is 328 g/mol. The summed E-state index contributed by atoms with van der Waals surface area (Å²) in [4.78, 5) is 34.0. The molecule has 0 N–H and O–H groups in total. The van der Waals surface area contributed by atoms with Gasteiger partial charge in [-0.15, -0.1) is 0 Å². The molecule has 0 atom stereocenters. The number of allylic oxidation sites excluding steroid dienone is 2. The zero-order valence-corrected chi connectivity index (χ0v) is 14.1. The Bertz CT molecular complexity index is 913. The Kier molecular flexibility index (Phi) is 5.53. The summed E-state index contributed by atoms with van der Waals surface area (Å²) < 4.78 is 12.0.